The Morgan fingerprint density at radius 1 is 1.07 bits per heavy atom. The maximum atomic E-state index is 13.6. The molecule has 2 heterocycles. The van der Waals surface area contributed by atoms with E-state index in [1.807, 2.05) is 30.3 Å². The summed E-state index contributed by atoms with van der Waals surface area (Å²) < 4.78 is 0. The van der Waals surface area contributed by atoms with E-state index in [1.54, 1.807) is 26.0 Å². The third kappa shape index (κ3) is 6.43. The fourth-order valence-corrected chi connectivity index (χ4v) is 5.84. The lowest BCUT2D eigenvalue weighted by atomic mass is 9.74. The summed E-state index contributed by atoms with van der Waals surface area (Å²) in [5, 5.41) is 39.1. The summed E-state index contributed by atoms with van der Waals surface area (Å²) in [5.74, 6) is -1.26. The molecule has 0 bridgehead atoms. The molecule has 2 aliphatic rings. The topological polar surface area (TPSA) is 144 Å². The first-order chi connectivity index (χ1) is 19.7. The molecular formula is C31H37N6O4-. The number of nitrogens with one attached hydrogen (secondary N) is 3. The van der Waals surface area contributed by atoms with Crippen molar-refractivity contribution in [3.05, 3.63) is 93.5 Å². The summed E-state index contributed by atoms with van der Waals surface area (Å²) in [6.45, 7) is 6.47. The van der Waals surface area contributed by atoms with Gasteiger partial charge in [-0.05, 0) is 76.0 Å². The van der Waals surface area contributed by atoms with Crippen molar-refractivity contribution in [2.75, 3.05) is 38.5 Å². The van der Waals surface area contributed by atoms with E-state index in [9.17, 15) is 25.3 Å². The normalized spacial score (nSPS) is 18.8. The number of likely N-dealkylation sites (N-methyl/N-ethyl adjacent to an activating group) is 1. The van der Waals surface area contributed by atoms with Gasteiger partial charge in [0.2, 0.25) is 11.8 Å². The molecule has 0 spiro atoms. The molecule has 2 aromatic rings. The number of piperidine rings is 1. The fourth-order valence-electron chi connectivity index (χ4n) is 5.84. The summed E-state index contributed by atoms with van der Waals surface area (Å²) in [5.41, 5.74) is 3.42. The molecule has 2 aromatic carbocycles. The largest absolute Gasteiger partial charge is 0.733 e. The van der Waals surface area contributed by atoms with Gasteiger partial charge in [-0.25, -0.2) is 0 Å². The van der Waals surface area contributed by atoms with Gasteiger partial charge in [-0.2, -0.15) is 5.26 Å². The van der Waals surface area contributed by atoms with Gasteiger partial charge in [-0.15, -0.1) is 0 Å². The SMILES string of the molecule is CNC(=O)C1=C(C)NC(C)=C(C(=O)NCCCN2CCC(C#N)(c3ccccc3)CC2)C1c1ccc(N([O-])O)cc1. The predicted molar refractivity (Wildman–Crippen MR) is 156 cm³/mol. The molecule has 1 fully saturated rings. The molecule has 1 saturated heterocycles. The second-order valence-corrected chi connectivity index (χ2v) is 10.6. The van der Waals surface area contributed by atoms with E-state index >= 15 is 0 Å². The van der Waals surface area contributed by atoms with Gasteiger partial charge in [0, 0.05) is 42.1 Å². The van der Waals surface area contributed by atoms with Crippen LogP contribution in [-0.4, -0.2) is 55.1 Å². The summed E-state index contributed by atoms with van der Waals surface area (Å²) in [7, 11) is 1.54. The van der Waals surface area contributed by atoms with Crippen molar-refractivity contribution in [3.8, 4) is 6.07 Å². The van der Waals surface area contributed by atoms with Crippen LogP contribution in [0.5, 0.6) is 0 Å². The minimum atomic E-state index is -0.664. The van der Waals surface area contributed by atoms with Crippen LogP contribution in [0.4, 0.5) is 5.69 Å². The van der Waals surface area contributed by atoms with Crippen molar-refractivity contribution in [1.82, 2.24) is 20.9 Å². The van der Waals surface area contributed by atoms with E-state index in [2.05, 4.69) is 26.9 Å². The third-order valence-corrected chi connectivity index (χ3v) is 8.11. The molecule has 0 aromatic heterocycles. The number of hydrogen-bond donors (Lipinski definition) is 4. The maximum absolute atomic E-state index is 13.6. The fraction of sp³-hybridized carbons (Fsp3) is 0.387. The molecule has 2 aliphatic heterocycles. The molecule has 4 rings (SSSR count). The highest BCUT2D eigenvalue weighted by Gasteiger charge is 2.37. The molecule has 0 radical (unpaired) electrons. The van der Waals surface area contributed by atoms with Gasteiger partial charge in [0.15, 0.2) is 0 Å². The molecule has 1 atom stereocenters. The van der Waals surface area contributed by atoms with E-state index in [0.29, 0.717) is 34.6 Å². The Morgan fingerprint density at radius 2 is 1.68 bits per heavy atom. The highest BCUT2D eigenvalue weighted by molar-refractivity contribution is 6.03. The second kappa shape index (κ2) is 13.0. The number of carbonyl (C=O) groups excluding carboxylic acids is 2. The lowest BCUT2D eigenvalue weighted by Crippen LogP contribution is -2.43. The minimum Gasteiger partial charge on any atom is -0.733 e. The van der Waals surface area contributed by atoms with E-state index in [1.165, 1.54) is 19.2 Å². The maximum Gasteiger partial charge on any atom is 0.249 e. The van der Waals surface area contributed by atoms with Crippen molar-refractivity contribution in [1.29, 1.82) is 5.26 Å². The number of benzene rings is 2. The first kappa shape index (κ1) is 29.8. The highest BCUT2D eigenvalue weighted by atomic mass is 16.8. The number of amides is 2. The zero-order valence-corrected chi connectivity index (χ0v) is 23.7. The number of nitriles is 1. The quantitative estimate of drug-likeness (QED) is 0.271. The first-order valence-corrected chi connectivity index (χ1v) is 13.8. The van der Waals surface area contributed by atoms with E-state index in [-0.39, 0.29) is 22.7 Å². The number of dihydropyridines is 1. The Balaban J connectivity index is 1.40. The van der Waals surface area contributed by atoms with Gasteiger partial charge in [0.05, 0.1) is 17.2 Å². The Morgan fingerprint density at radius 3 is 2.24 bits per heavy atom. The molecule has 4 N–H and O–H groups in total. The first-order valence-electron chi connectivity index (χ1n) is 13.8. The predicted octanol–water partition coefficient (Wildman–Crippen LogP) is 3.42. The van der Waals surface area contributed by atoms with Crippen LogP contribution < -0.4 is 21.2 Å². The molecule has 41 heavy (non-hydrogen) atoms. The monoisotopic (exact) mass is 557 g/mol. The molecule has 0 aliphatic carbocycles. The highest BCUT2D eigenvalue weighted by Crippen LogP contribution is 2.39. The number of carbonyl (C=O) groups is 2. The van der Waals surface area contributed by atoms with Crippen LogP contribution in [0, 0.1) is 16.5 Å². The van der Waals surface area contributed by atoms with Crippen LogP contribution in [0.3, 0.4) is 0 Å². The molecule has 10 nitrogen and oxygen atoms in total. The number of anilines is 1. The molecule has 2 amide bonds. The van der Waals surface area contributed by atoms with Crippen LogP contribution in [0.2, 0.25) is 0 Å². The number of hydrogen-bond acceptors (Lipinski definition) is 8. The van der Waals surface area contributed by atoms with Gasteiger partial charge in [0.1, 0.15) is 0 Å². The Hall–Kier alpha value is -4.17. The Labute approximate surface area is 240 Å². The van der Waals surface area contributed by atoms with Gasteiger partial charge in [-0.3, -0.25) is 14.8 Å². The van der Waals surface area contributed by atoms with Crippen LogP contribution in [-0.2, 0) is 15.0 Å². The van der Waals surface area contributed by atoms with Gasteiger partial charge >= 0.3 is 0 Å². The lowest BCUT2D eigenvalue weighted by Gasteiger charge is -2.37. The van der Waals surface area contributed by atoms with E-state index < -0.39 is 11.3 Å². The van der Waals surface area contributed by atoms with Gasteiger partial charge in [-0.1, -0.05) is 42.5 Å². The average Bonchev–Trinajstić information content (AvgIpc) is 2.99. The van der Waals surface area contributed by atoms with Crippen molar-refractivity contribution in [2.45, 2.75) is 44.4 Å². The Kier molecular flexibility index (Phi) is 9.45. The van der Waals surface area contributed by atoms with Crippen molar-refractivity contribution >= 4 is 17.5 Å². The summed E-state index contributed by atoms with van der Waals surface area (Å²) in [6, 6.07) is 18.7. The van der Waals surface area contributed by atoms with Gasteiger partial charge < -0.3 is 31.3 Å². The number of nitrogens with zero attached hydrogens (tertiary/aromatic N) is 3. The van der Waals surface area contributed by atoms with Crippen molar-refractivity contribution < 1.29 is 14.8 Å². The molecule has 216 valence electrons. The van der Waals surface area contributed by atoms with Crippen LogP contribution in [0.1, 0.15) is 50.2 Å². The van der Waals surface area contributed by atoms with Crippen molar-refractivity contribution in [2.24, 2.45) is 0 Å². The zero-order chi connectivity index (χ0) is 29.6. The molecule has 1 unspecified atom stereocenters. The summed E-state index contributed by atoms with van der Waals surface area (Å²) in [4.78, 5) is 28.8. The summed E-state index contributed by atoms with van der Waals surface area (Å²) in [6.07, 6.45) is 2.28. The average molecular weight is 558 g/mol. The summed E-state index contributed by atoms with van der Waals surface area (Å²) >= 11 is 0. The minimum absolute atomic E-state index is 0.0464. The van der Waals surface area contributed by atoms with Crippen LogP contribution in [0.15, 0.2) is 77.1 Å². The standard InChI is InChI=1S/C31H37N6O4/c1-21-26(29(38)33-3)28(23-10-12-25(13-11-23)37(40)41)27(22(2)35-21)30(39)34-16-7-17-36-18-14-31(20-32,15-19-36)24-8-5-4-6-9-24/h4-6,8-13,28,35,40H,7,14-19H2,1-3H3,(H,33,38)(H,34,39)/q-1. The van der Waals surface area contributed by atoms with Gasteiger partial charge in [0.25, 0.3) is 0 Å². The number of rotatable bonds is 9. The Bertz CT molecular complexity index is 1350. The second-order valence-electron chi connectivity index (χ2n) is 10.6. The van der Waals surface area contributed by atoms with E-state index in [0.717, 1.165) is 44.5 Å². The number of allylic oxidation sites excluding steroid dienone is 2. The molecule has 10 heteroatoms. The number of likely N-dealkylation sites (tertiary alicyclic amines) is 1. The molecular weight excluding hydrogens is 520 g/mol. The zero-order valence-electron chi connectivity index (χ0n) is 23.7. The lowest BCUT2D eigenvalue weighted by molar-refractivity contribution is -0.118. The molecule has 0 saturated carbocycles. The smallest absolute Gasteiger partial charge is 0.249 e. The van der Waals surface area contributed by atoms with Crippen LogP contribution in [0.25, 0.3) is 0 Å². The van der Waals surface area contributed by atoms with Crippen molar-refractivity contribution in [3.63, 3.8) is 0 Å². The van der Waals surface area contributed by atoms with E-state index in [4.69, 9.17) is 0 Å². The third-order valence-electron chi connectivity index (χ3n) is 8.11. The van der Waals surface area contributed by atoms with Crippen LogP contribution >= 0.6 is 0 Å².